The van der Waals surface area contributed by atoms with Crippen LogP contribution < -0.4 is 5.32 Å². The highest BCUT2D eigenvalue weighted by Crippen LogP contribution is 2.29. The summed E-state index contributed by atoms with van der Waals surface area (Å²) in [7, 11) is 0. The van der Waals surface area contributed by atoms with Gasteiger partial charge in [-0.3, -0.25) is 4.79 Å². The summed E-state index contributed by atoms with van der Waals surface area (Å²) in [6, 6.07) is 30.8. The van der Waals surface area contributed by atoms with Crippen molar-refractivity contribution in [3.05, 3.63) is 120 Å². The van der Waals surface area contributed by atoms with E-state index in [0.717, 1.165) is 21.9 Å². The lowest BCUT2D eigenvalue weighted by Gasteiger charge is -2.26. The van der Waals surface area contributed by atoms with Crippen molar-refractivity contribution in [2.24, 2.45) is 0 Å². The van der Waals surface area contributed by atoms with E-state index in [9.17, 15) is 14.7 Å². The second-order valence-electron chi connectivity index (χ2n) is 7.15. The Morgan fingerprint density at radius 3 is 1.77 bits per heavy atom. The van der Waals surface area contributed by atoms with E-state index >= 15 is 0 Å². The summed E-state index contributed by atoms with van der Waals surface area (Å²) in [5.41, 5.74) is 2.09. The van der Waals surface area contributed by atoms with E-state index in [1.165, 1.54) is 0 Å². The average molecular weight is 395 g/mol. The van der Waals surface area contributed by atoms with Gasteiger partial charge >= 0.3 is 5.97 Å². The van der Waals surface area contributed by atoms with Crippen LogP contribution in [-0.2, 0) is 4.79 Å². The number of nitrogens with one attached hydrogen (secondary N) is 1. The van der Waals surface area contributed by atoms with Gasteiger partial charge in [-0.25, -0.2) is 4.79 Å². The van der Waals surface area contributed by atoms with Crippen molar-refractivity contribution in [1.82, 2.24) is 5.32 Å². The van der Waals surface area contributed by atoms with Crippen LogP contribution in [-0.4, -0.2) is 23.0 Å². The van der Waals surface area contributed by atoms with Gasteiger partial charge < -0.3 is 10.4 Å². The van der Waals surface area contributed by atoms with Gasteiger partial charge in [0.1, 0.15) is 6.04 Å². The Bertz CT molecular complexity index is 1130. The number of amides is 1. The number of rotatable bonds is 6. The molecule has 4 heteroatoms. The number of hydrogen-bond donors (Lipinski definition) is 2. The standard InChI is InChI=1S/C26H21NO3/c28-25(22-16-15-18-9-7-8-14-21(18)17-22)27-24(26(29)30)23(19-10-3-1-4-11-19)20-12-5-2-6-13-20/h1-17,23-24H,(H,27,28)(H,29,30)/t24-/m1/s1. The number of benzene rings is 4. The molecule has 1 amide bonds. The molecular formula is C26H21NO3. The quantitative estimate of drug-likeness (QED) is 0.490. The summed E-state index contributed by atoms with van der Waals surface area (Å²) in [6.45, 7) is 0. The Kier molecular flexibility index (Phi) is 5.57. The molecule has 4 aromatic carbocycles. The zero-order valence-electron chi connectivity index (χ0n) is 16.2. The topological polar surface area (TPSA) is 66.4 Å². The lowest BCUT2D eigenvalue weighted by atomic mass is 9.85. The van der Waals surface area contributed by atoms with Gasteiger partial charge in [0.05, 0.1) is 0 Å². The molecule has 0 aromatic heterocycles. The molecule has 0 aliphatic heterocycles. The van der Waals surface area contributed by atoms with Crippen LogP contribution in [0.5, 0.6) is 0 Å². The smallest absolute Gasteiger partial charge is 0.327 e. The molecule has 4 rings (SSSR count). The first-order valence-corrected chi connectivity index (χ1v) is 9.76. The molecule has 0 radical (unpaired) electrons. The van der Waals surface area contributed by atoms with Crippen LogP contribution in [0.2, 0.25) is 0 Å². The van der Waals surface area contributed by atoms with E-state index in [-0.39, 0.29) is 0 Å². The normalized spacial score (nSPS) is 11.9. The minimum absolute atomic E-state index is 0.412. The molecule has 0 aliphatic carbocycles. The predicted molar refractivity (Wildman–Crippen MR) is 118 cm³/mol. The number of carboxylic acid groups (broad SMARTS) is 1. The second-order valence-corrected chi connectivity index (χ2v) is 7.15. The molecule has 148 valence electrons. The summed E-state index contributed by atoms with van der Waals surface area (Å²) < 4.78 is 0. The van der Waals surface area contributed by atoms with E-state index in [1.54, 1.807) is 12.1 Å². The molecule has 0 bridgehead atoms. The van der Waals surface area contributed by atoms with E-state index in [0.29, 0.717) is 5.56 Å². The second kappa shape index (κ2) is 8.62. The summed E-state index contributed by atoms with van der Waals surface area (Å²) in [5, 5.41) is 14.7. The van der Waals surface area contributed by atoms with E-state index in [4.69, 9.17) is 0 Å². The first kappa shape index (κ1) is 19.4. The minimum atomic E-state index is -1.12. The van der Waals surface area contributed by atoms with E-state index < -0.39 is 23.8 Å². The van der Waals surface area contributed by atoms with E-state index in [2.05, 4.69) is 5.32 Å². The largest absolute Gasteiger partial charge is 0.480 e. The summed E-state index contributed by atoms with van der Waals surface area (Å²) in [4.78, 5) is 25.2. The van der Waals surface area contributed by atoms with Gasteiger partial charge in [0.25, 0.3) is 5.91 Å². The number of carbonyl (C=O) groups excluding carboxylic acids is 1. The highest BCUT2D eigenvalue weighted by atomic mass is 16.4. The van der Waals surface area contributed by atoms with Gasteiger partial charge in [0.2, 0.25) is 0 Å². The van der Waals surface area contributed by atoms with Crippen molar-refractivity contribution >= 4 is 22.6 Å². The molecule has 0 aliphatic rings. The molecule has 0 saturated carbocycles. The Balaban J connectivity index is 1.70. The number of fused-ring (bicyclic) bond motifs is 1. The van der Waals surface area contributed by atoms with Gasteiger partial charge in [0.15, 0.2) is 0 Å². The summed E-state index contributed by atoms with van der Waals surface area (Å²) >= 11 is 0. The third-order valence-electron chi connectivity index (χ3n) is 5.22. The van der Waals surface area contributed by atoms with Crippen molar-refractivity contribution in [1.29, 1.82) is 0 Å². The Morgan fingerprint density at radius 2 is 1.20 bits per heavy atom. The lowest BCUT2D eigenvalue weighted by molar-refractivity contribution is -0.139. The SMILES string of the molecule is O=C(N[C@@H](C(=O)O)C(c1ccccc1)c1ccccc1)c1ccc2ccccc2c1. The first-order valence-electron chi connectivity index (χ1n) is 9.76. The van der Waals surface area contributed by atoms with Crippen LogP contribution in [0, 0.1) is 0 Å². The molecule has 0 heterocycles. The van der Waals surface area contributed by atoms with Gasteiger partial charge in [-0.1, -0.05) is 91.0 Å². The monoisotopic (exact) mass is 395 g/mol. The van der Waals surface area contributed by atoms with Gasteiger partial charge in [-0.05, 0) is 34.0 Å². The fourth-order valence-electron chi connectivity index (χ4n) is 3.74. The number of carbonyl (C=O) groups is 2. The maximum Gasteiger partial charge on any atom is 0.327 e. The van der Waals surface area contributed by atoms with Crippen molar-refractivity contribution in [3.63, 3.8) is 0 Å². The Hall–Kier alpha value is -3.92. The highest BCUT2D eigenvalue weighted by molar-refractivity contribution is 6.00. The Labute approximate surface area is 174 Å². The molecule has 0 saturated heterocycles. The fraction of sp³-hybridized carbons (Fsp3) is 0.0769. The predicted octanol–water partition coefficient (Wildman–Crippen LogP) is 4.85. The Morgan fingerprint density at radius 1 is 0.667 bits per heavy atom. The molecule has 30 heavy (non-hydrogen) atoms. The fourth-order valence-corrected chi connectivity index (χ4v) is 3.74. The zero-order valence-corrected chi connectivity index (χ0v) is 16.2. The van der Waals surface area contributed by atoms with E-state index in [1.807, 2.05) is 91.0 Å². The third-order valence-corrected chi connectivity index (χ3v) is 5.22. The highest BCUT2D eigenvalue weighted by Gasteiger charge is 2.32. The molecular weight excluding hydrogens is 374 g/mol. The van der Waals surface area contributed by atoms with Crippen molar-refractivity contribution in [2.45, 2.75) is 12.0 Å². The molecule has 2 N–H and O–H groups in total. The number of aliphatic carboxylic acids is 1. The summed E-state index contributed by atoms with van der Waals surface area (Å²) in [5.74, 6) is -2.01. The van der Waals surface area contributed by atoms with Crippen LogP contribution in [0.4, 0.5) is 0 Å². The van der Waals surface area contributed by atoms with Gasteiger partial charge in [0, 0.05) is 11.5 Å². The molecule has 4 nitrogen and oxygen atoms in total. The molecule has 0 spiro atoms. The maximum atomic E-state index is 13.0. The first-order chi connectivity index (χ1) is 14.6. The zero-order chi connectivity index (χ0) is 20.9. The van der Waals surface area contributed by atoms with Gasteiger partial charge in [-0.2, -0.15) is 0 Å². The van der Waals surface area contributed by atoms with Crippen LogP contribution in [0.25, 0.3) is 10.8 Å². The van der Waals surface area contributed by atoms with Crippen molar-refractivity contribution in [2.75, 3.05) is 0 Å². The average Bonchev–Trinajstić information content (AvgIpc) is 2.79. The van der Waals surface area contributed by atoms with Crippen LogP contribution >= 0.6 is 0 Å². The van der Waals surface area contributed by atoms with Crippen LogP contribution in [0.1, 0.15) is 27.4 Å². The minimum Gasteiger partial charge on any atom is -0.480 e. The van der Waals surface area contributed by atoms with Gasteiger partial charge in [-0.15, -0.1) is 0 Å². The molecule has 1 atom stereocenters. The summed E-state index contributed by atoms with van der Waals surface area (Å²) in [6.07, 6.45) is 0. The molecule has 0 unspecified atom stereocenters. The lowest BCUT2D eigenvalue weighted by Crippen LogP contribution is -2.45. The van der Waals surface area contributed by atoms with Crippen molar-refractivity contribution in [3.8, 4) is 0 Å². The third kappa shape index (κ3) is 4.08. The van der Waals surface area contributed by atoms with Crippen LogP contribution in [0.15, 0.2) is 103 Å². The number of carboxylic acids is 1. The molecule has 0 fully saturated rings. The molecule has 4 aromatic rings. The van der Waals surface area contributed by atoms with Crippen molar-refractivity contribution < 1.29 is 14.7 Å². The maximum absolute atomic E-state index is 13.0. The number of hydrogen-bond acceptors (Lipinski definition) is 2. The van der Waals surface area contributed by atoms with Crippen LogP contribution in [0.3, 0.4) is 0 Å².